The standard InChI is InChI=1S/C18H32O3S/c1-3-4-5-6-7-8-9-10-11-13-16-22(20)17-14-12-15-18(19)21-2/h7-8,10-11H,3-6,9,12-17H2,1-2H3/b8-7+,11-10+. The molecule has 1 atom stereocenters. The van der Waals surface area contributed by atoms with E-state index in [9.17, 15) is 9.00 Å². The van der Waals surface area contributed by atoms with E-state index in [1.165, 1.54) is 32.8 Å². The first-order valence-corrected chi connectivity index (χ1v) is 9.91. The van der Waals surface area contributed by atoms with E-state index < -0.39 is 10.8 Å². The molecule has 0 fully saturated rings. The maximum absolute atomic E-state index is 11.7. The summed E-state index contributed by atoms with van der Waals surface area (Å²) in [7, 11) is 0.625. The molecule has 0 aromatic rings. The maximum Gasteiger partial charge on any atom is 0.305 e. The van der Waals surface area contributed by atoms with Crippen molar-refractivity contribution in [2.24, 2.45) is 0 Å². The van der Waals surface area contributed by atoms with Gasteiger partial charge in [0, 0.05) is 28.7 Å². The van der Waals surface area contributed by atoms with Gasteiger partial charge in [0.2, 0.25) is 0 Å². The van der Waals surface area contributed by atoms with Crippen LogP contribution in [0.3, 0.4) is 0 Å². The highest BCUT2D eigenvalue weighted by molar-refractivity contribution is 7.84. The second kappa shape index (κ2) is 16.5. The second-order valence-electron chi connectivity index (χ2n) is 5.34. The number of allylic oxidation sites excluding steroid dienone is 4. The van der Waals surface area contributed by atoms with Crippen LogP contribution in [0.5, 0.6) is 0 Å². The van der Waals surface area contributed by atoms with Crippen molar-refractivity contribution in [3.63, 3.8) is 0 Å². The summed E-state index contributed by atoms with van der Waals surface area (Å²) in [5.74, 6) is 1.22. The minimum atomic E-state index is -0.771. The molecule has 0 aromatic carbocycles. The first kappa shape index (κ1) is 21.1. The van der Waals surface area contributed by atoms with Gasteiger partial charge in [-0.2, -0.15) is 0 Å². The molecule has 0 rings (SSSR count). The molecule has 0 saturated carbocycles. The molecule has 0 aliphatic heterocycles. The van der Waals surface area contributed by atoms with Gasteiger partial charge in [0.15, 0.2) is 0 Å². The van der Waals surface area contributed by atoms with Gasteiger partial charge in [0.05, 0.1) is 7.11 Å². The van der Waals surface area contributed by atoms with Gasteiger partial charge in [-0.25, -0.2) is 0 Å². The summed E-state index contributed by atoms with van der Waals surface area (Å²) in [5.41, 5.74) is 0. The van der Waals surface area contributed by atoms with Gasteiger partial charge in [-0.05, 0) is 38.5 Å². The largest absolute Gasteiger partial charge is 0.469 e. The molecular formula is C18H32O3S. The lowest BCUT2D eigenvalue weighted by Crippen LogP contribution is -2.04. The quantitative estimate of drug-likeness (QED) is 0.267. The highest BCUT2D eigenvalue weighted by Crippen LogP contribution is 2.02. The lowest BCUT2D eigenvalue weighted by atomic mass is 10.2. The number of hydrogen-bond donors (Lipinski definition) is 0. The Labute approximate surface area is 138 Å². The van der Waals surface area contributed by atoms with E-state index in [4.69, 9.17) is 0 Å². The molecule has 1 unspecified atom stereocenters. The lowest BCUT2D eigenvalue weighted by Gasteiger charge is -2.00. The minimum Gasteiger partial charge on any atom is -0.469 e. The van der Waals surface area contributed by atoms with Crippen molar-refractivity contribution in [2.75, 3.05) is 18.6 Å². The summed E-state index contributed by atoms with van der Waals surface area (Å²) in [4.78, 5) is 10.9. The van der Waals surface area contributed by atoms with E-state index in [1.54, 1.807) is 0 Å². The van der Waals surface area contributed by atoms with Crippen LogP contribution in [-0.4, -0.2) is 28.8 Å². The first-order valence-electron chi connectivity index (χ1n) is 8.42. The van der Waals surface area contributed by atoms with Crippen molar-refractivity contribution in [1.29, 1.82) is 0 Å². The van der Waals surface area contributed by atoms with E-state index in [0.717, 1.165) is 31.4 Å². The number of methoxy groups -OCH3 is 1. The van der Waals surface area contributed by atoms with E-state index in [-0.39, 0.29) is 5.97 Å². The molecule has 0 aliphatic carbocycles. The molecule has 0 spiro atoms. The van der Waals surface area contributed by atoms with Gasteiger partial charge in [-0.1, -0.05) is 44.1 Å². The van der Waals surface area contributed by atoms with Crippen molar-refractivity contribution in [1.82, 2.24) is 0 Å². The summed E-state index contributed by atoms with van der Waals surface area (Å²) < 4.78 is 16.3. The van der Waals surface area contributed by atoms with Crippen LogP contribution in [0.2, 0.25) is 0 Å². The molecule has 0 N–H and O–H groups in total. The third kappa shape index (κ3) is 15.5. The summed E-state index contributed by atoms with van der Waals surface area (Å²) in [6.07, 6.45) is 17.6. The maximum atomic E-state index is 11.7. The second-order valence-corrected chi connectivity index (χ2v) is 7.04. The Bertz CT molecular complexity index is 348. The van der Waals surface area contributed by atoms with Crippen molar-refractivity contribution >= 4 is 16.8 Å². The molecule has 0 aliphatic rings. The molecule has 4 heteroatoms. The third-order valence-corrected chi connectivity index (χ3v) is 4.76. The van der Waals surface area contributed by atoms with E-state index >= 15 is 0 Å². The molecule has 0 radical (unpaired) electrons. The smallest absolute Gasteiger partial charge is 0.305 e. The average Bonchev–Trinajstić information content (AvgIpc) is 2.53. The Morgan fingerprint density at radius 2 is 1.68 bits per heavy atom. The minimum absolute atomic E-state index is 0.184. The zero-order valence-electron chi connectivity index (χ0n) is 14.2. The molecule has 0 amide bonds. The monoisotopic (exact) mass is 328 g/mol. The van der Waals surface area contributed by atoms with Crippen molar-refractivity contribution in [3.05, 3.63) is 24.3 Å². The highest BCUT2D eigenvalue weighted by atomic mass is 32.2. The van der Waals surface area contributed by atoms with Gasteiger partial charge < -0.3 is 4.74 Å². The molecule has 0 aromatic heterocycles. The van der Waals surface area contributed by atoms with Gasteiger partial charge in [0.1, 0.15) is 0 Å². The van der Waals surface area contributed by atoms with Crippen LogP contribution < -0.4 is 0 Å². The Morgan fingerprint density at radius 3 is 2.36 bits per heavy atom. The first-order chi connectivity index (χ1) is 10.7. The van der Waals surface area contributed by atoms with Gasteiger partial charge in [0.25, 0.3) is 0 Å². The van der Waals surface area contributed by atoms with Crippen LogP contribution in [0.15, 0.2) is 24.3 Å². The lowest BCUT2D eigenvalue weighted by molar-refractivity contribution is -0.140. The summed E-state index contributed by atoms with van der Waals surface area (Å²) >= 11 is 0. The third-order valence-electron chi connectivity index (χ3n) is 3.32. The fraction of sp³-hybridized carbons (Fsp3) is 0.722. The number of carbonyl (C=O) groups is 1. The van der Waals surface area contributed by atoms with Crippen LogP contribution in [-0.2, 0) is 20.3 Å². The van der Waals surface area contributed by atoms with E-state index in [1.807, 2.05) is 0 Å². The van der Waals surface area contributed by atoms with E-state index in [2.05, 4.69) is 36.0 Å². The van der Waals surface area contributed by atoms with E-state index in [0.29, 0.717) is 12.2 Å². The van der Waals surface area contributed by atoms with Crippen LogP contribution in [0.25, 0.3) is 0 Å². The Hall–Kier alpha value is -0.900. The molecular weight excluding hydrogens is 296 g/mol. The fourth-order valence-electron chi connectivity index (χ4n) is 1.95. The summed E-state index contributed by atoms with van der Waals surface area (Å²) in [6, 6.07) is 0. The van der Waals surface area contributed by atoms with Crippen molar-refractivity contribution in [2.45, 2.75) is 64.7 Å². The SMILES string of the molecule is CCCCC/C=C/C/C=C/CCS(=O)CCCCC(=O)OC. The zero-order valence-corrected chi connectivity index (χ0v) is 15.0. The molecule has 0 bridgehead atoms. The van der Waals surface area contributed by atoms with Crippen LogP contribution in [0, 0.1) is 0 Å². The molecule has 22 heavy (non-hydrogen) atoms. The molecule has 0 saturated heterocycles. The zero-order chi connectivity index (χ0) is 16.5. The van der Waals surface area contributed by atoms with Gasteiger partial charge >= 0.3 is 5.97 Å². The Balaban J connectivity index is 3.43. The molecule has 128 valence electrons. The van der Waals surface area contributed by atoms with Crippen molar-refractivity contribution in [3.8, 4) is 0 Å². The number of unbranched alkanes of at least 4 members (excludes halogenated alkanes) is 4. The van der Waals surface area contributed by atoms with Crippen LogP contribution in [0.4, 0.5) is 0 Å². The topological polar surface area (TPSA) is 43.4 Å². The fourth-order valence-corrected chi connectivity index (χ4v) is 3.08. The highest BCUT2D eigenvalue weighted by Gasteiger charge is 2.02. The number of rotatable bonds is 14. The number of esters is 1. The summed E-state index contributed by atoms with van der Waals surface area (Å²) in [5, 5.41) is 0. The van der Waals surface area contributed by atoms with Gasteiger partial charge in [-0.15, -0.1) is 0 Å². The van der Waals surface area contributed by atoms with Crippen LogP contribution >= 0.6 is 0 Å². The van der Waals surface area contributed by atoms with Crippen LogP contribution in [0.1, 0.15) is 64.7 Å². The van der Waals surface area contributed by atoms with Crippen molar-refractivity contribution < 1.29 is 13.7 Å². The number of carbonyl (C=O) groups excluding carboxylic acids is 1. The Morgan fingerprint density at radius 1 is 0.955 bits per heavy atom. The van der Waals surface area contributed by atoms with Gasteiger partial charge in [-0.3, -0.25) is 9.00 Å². The molecule has 3 nitrogen and oxygen atoms in total. The number of ether oxygens (including phenoxy) is 1. The normalized spacial score (nSPS) is 13.0. The Kier molecular flexibility index (Phi) is 15.8. The number of hydrogen-bond acceptors (Lipinski definition) is 3. The summed E-state index contributed by atoms with van der Waals surface area (Å²) in [6.45, 7) is 2.22. The predicted molar refractivity (Wildman–Crippen MR) is 95.4 cm³/mol. The predicted octanol–water partition coefficient (Wildman–Crippen LogP) is 4.55. The molecule has 0 heterocycles. The average molecular weight is 329 g/mol.